The molecule has 2 heterocycles. The molecule has 1 aromatic heterocycles. The lowest BCUT2D eigenvalue weighted by Crippen LogP contribution is -2.41. The first-order valence-corrected chi connectivity index (χ1v) is 8.21. The Kier molecular flexibility index (Phi) is 4.74. The van der Waals surface area contributed by atoms with E-state index in [-0.39, 0.29) is 24.1 Å². The Bertz CT molecular complexity index is 900. The number of carbonyl (C=O) groups excluding carboxylic acids is 1. The zero-order valence-corrected chi connectivity index (χ0v) is 14.3. The van der Waals surface area contributed by atoms with Crippen LogP contribution in [0.25, 0.3) is 0 Å². The Balaban J connectivity index is 1.83. The van der Waals surface area contributed by atoms with Gasteiger partial charge < -0.3 is 9.64 Å². The Morgan fingerprint density at radius 2 is 2.08 bits per heavy atom. The number of nitrogens with zero attached hydrogens (tertiary/aromatic N) is 3. The number of hydrogen-bond donors (Lipinski definition) is 0. The van der Waals surface area contributed by atoms with Gasteiger partial charge in [-0.3, -0.25) is 18.7 Å². The van der Waals surface area contributed by atoms with E-state index >= 15 is 0 Å². The quantitative estimate of drug-likeness (QED) is 0.827. The summed E-state index contributed by atoms with van der Waals surface area (Å²) in [5.74, 6) is 0.622. The van der Waals surface area contributed by atoms with Crippen LogP contribution in [0.1, 0.15) is 24.4 Å². The fourth-order valence-corrected chi connectivity index (χ4v) is 3.23. The third-order valence-corrected chi connectivity index (χ3v) is 4.62. The van der Waals surface area contributed by atoms with Crippen molar-refractivity contribution in [3.05, 3.63) is 62.9 Å². The molecule has 0 aliphatic carbocycles. The highest BCUT2D eigenvalue weighted by atomic mass is 16.5. The van der Waals surface area contributed by atoms with Crippen molar-refractivity contribution >= 4 is 5.91 Å². The number of amides is 1. The number of ether oxygens (including phenoxy) is 1. The minimum Gasteiger partial charge on any atom is -0.497 e. The van der Waals surface area contributed by atoms with Gasteiger partial charge in [0.15, 0.2) is 0 Å². The van der Waals surface area contributed by atoms with Crippen molar-refractivity contribution < 1.29 is 9.53 Å². The first kappa shape index (κ1) is 17.0. The van der Waals surface area contributed by atoms with Crippen molar-refractivity contribution in [2.24, 2.45) is 7.05 Å². The molecule has 0 N–H and O–H groups in total. The predicted octanol–water partition coefficient (Wildman–Crippen LogP) is 0.919. The van der Waals surface area contributed by atoms with Gasteiger partial charge in [0.1, 0.15) is 12.3 Å². The second kappa shape index (κ2) is 6.96. The minimum atomic E-state index is -0.488. The number of carbonyl (C=O) groups is 1. The molecular formula is C18H21N3O4. The van der Waals surface area contributed by atoms with E-state index in [1.54, 1.807) is 12.0 Å². The second-order valence-electron chi connectivity index (χ2n) is 6.15. The molecule has 7 nitrogen and oxygen atoms in total. The Morgan fingerprint density at radius 3 is 2.84 bits per heavy atom. The van der Waals surface area contributed by atoms with Crippen LogP contribution in [0.15, 0.2) is 46.1 Å². The molecule has 1 aliphatic heterocycles. The molecule has 0 saturated carbocycles. The first-order valence-electron chi connectivity index (χ1n) is 8.21. The average Bonchev–Trinajstić information content (AvgIpc) is 3.12. The summed E-state index contributed by atoms with van der Waals surface area (Å²) in [7, 11) is 3.02. The average molecular weight is 343 g/mol. The van der Waals surface area contributed by atoms with Crippen molar-refractivity contribution in [1.29, 1.82) is 0 Å². The van der Waals surface area contributed by atoms with Gasteiger partial charge in [0, 0.05) is 25.9 Å². The summed E-state index contributed by atoms with van der Waals surface area (Å²) in [6, 6.07) is 8.97. The van der Waals surface area contributed by atoms with Gasteiger partial charge in [-0.05, 0) is 30.5 Å². The third kappa shape index (κ3) is 3.35. The summed E-state index contributed by atoms with van der Waals surface area (Å²) >= 11 is 0. The van der Waals surface area contributed by atoms with Gasteiger partial charge in [-0.2, -0.15) is 0 Å². The SMILES string of the molecule is COc1cccc([C@@H]2CCCN2C(=O)Cn2ccc(=O)n(C)c2=O)c1. The zero-order valence-electron chi connectivity index (χ0n) is 14.3. The number of methoxy groups -OCH3 is 1. The van der Waals surface area contributed by atoms with Crippen LogP contribution in [-0.4, -0.2) is 33.6 Å². The highest BCUT2D eigenvalue weighted by molar-refractivity contribution is 5.77. The fourth-order valence-electron chi connectivity index (χ4n) is 3.23. The molecule has 1 saturated heterocycles. The molecule has 25 heavy (non-hydrogen) atoms. The lowest BCUT2D eigenvalue weighted by molar-refractivity contribution is -0.132. The summed E-state index contributed by atoms with van der Waals surface area (Å²) in [4.78, 5) is 38.1. The van der Waals surface area contributed by atoms with E-state index in [9.17, 15) is 14.4 Å². The maximum Gasteiger partial charge on any atom is 0.331 e. The maximum atomic E-state index is 12.7. The van der Waals surface area contributed by atoms with Crippen molar-refractivity contribution in [2.45, 2.75) is 25.4 Å². The lowest BCUT2D eigenvalue weighted by atomic mass is 10.0. The van der Waals surface area contributed by atoms with Gasteiger partial charge in [0.25, 0.3) is 5.56 Å². The van der Waals surface area contributed by atoms with Gasteiger partial charge in [0.05, 0.1) is 13.2 Å². The predicted molar refractivity (Wildman–Crippen MR) is 92.6 cm³/mol. The highest BCUT2D eigenvalue weighted by Crippen LogP contribution is 2.33. The van der Waals surface area contributed by atoms with Crippen LogP contribution in [0.4, 0.5) is 0 Å². The molecule has 1 atom stereocenters. The van der Waals surface area contributed by atoms with Gasteiger partial charge in [-0.15, -0.1) is 0 Å². The van der Waals surface area contributed by atoms with Crippen LogP contribution in [0.5, 0.6) is 5.75 Å². The summed E-state index contributed by atoms with van der Waals surface area (Å²) < 4.78 is 7.53. The van der Waals surface area contributed by atoms with E-state index in [1.807, 2.05) is 24.3 Å². The summed E-state index contributed by atoms with van der Waals surface area (Å²) in [5, 5.41) is 0. The van der Waals surface area contributed by atoms with Gasteiger partial charge in [0.2, 0.25) is 5.91 Å². The topological polar surface area (TPSA) is 73.5 Å². The van der Waals surface area contributed by atoms with Gasteiger partial charge >= 0.3 is 5.69 Å². The third-order valence-electron chi connectivity index (χ3n) is 4.62. The van der Waals surface area contributed by atoms with E-state index < -0.39 is 5.69 Å². The summed E-state index contributed by atoms with van der Waals surface area (Å²) in [5.41, 5.74) is 0.153. The molecule has 0 spiro atoms. The highest BCUT2D eigenvalue weighted by Gasteiger charge is 2.30. The largest absolute Gasteiger partial charge is 0.497 e. The Hall–Kier alpha value is -2.83. The Labute approximate surface area is 145 Å². The van der Waals surface area contributed by atoms with E-state index in [0.717, 1.165) is 28.7 Å². The molecule has 1 aromatic carbocycles. The van der Waals surface area contributed by atoms with E-state index in [1.165, 1.54) is 23.9 Å². The zero-order chi connectivity index (χ0) is 18.0. The van der Waals surface area contributed by atoms with Crippen LogP contribution in [0, 0.1) is 0 Å². The van der Waals surface area contributed by atoms with E-state index in [4.69, 9.17) is 4.74 Å². The first-order chi connectivity index (χ1) is 12.0. The summed E-state index contributed by atoms with van der Waals surface area (Å²) in [6.07, 6.45) is 3.16. The van der Waals surface area contributed by atoms with E-state index in [0.29, 0.717) is 6.54 Å². The Morgan fingerprint density at radius 1 is 1.28 bits per heavy atom. The van der Waals surface area contributed by atoms with Crippen LogP contribution in [0.2, 0.25) is 0 Å². The number of likely N-dealkylation sites (tertiary alicyclic amines) is 1. The van der Waals surface area contributed by atoms with Crippen molar-refractivity contribution in [2.75, 3.05) is 13.7 Å². The van der Waals surface area contributed by atoms with Gasteiger partial charge in [-0.25, -0.2) is 4.79 Å². The van der Waals surface area contributed by atoms with Crippen LogP contribution < -0.4 is 16.0 Å². The lowest BCUT2D eigenvalue weighted by Gasteiger charge is -2.25. The number of rotatable bonds is 4. The van der Waals surface area contributed by atoms with Crippen LogP contribution in [-0.2, 0) is 18.4 Å². The monoisotopic (exact) mass is 343 g/mol. The standard InChI is InChI=1S/C18H21N3O4/c1-19-16(22)8-10-20(18(19)24)12-17(23)21-9-4-7-15(21)13-5-3-6-14(11-13)25-2/h3,5-6,8,10-11,15H,4,7,9,12H2,1-2H3/t15-/m0/s1. The van der Waals surface area contributed by atoms with Crippen molar-refractivity contribution in [3.8, 4) is 5.75 Å². The number of hydrogen-bond acceptors (Lipinski definition) is 4. The molecule has 0 bridgehead atoms. The molecule has 7 heteroatoms. The molecule has 1 aliphatic rings. The molecule has 132 valence electrons. The van der Waals surface area contributed by atoms with Crippen molar-refractivity contribution in [3.63, 3.8) is 0 Å². The van der Waals surface area contributed by atoms with Crippen LogP contribution >= 0.6 is 0 Å². The molecule has 0 unspecified atom stereocenters. The summed E-state index contributed by atoms with van der Waals surface area (Å²) in [6.45, 7) is 0.578. The smallest absolute Gasteiger partial charge is 0.331 e. The molecule has 3 rings (SSSR count). The maximum absolute atomic E-state index is 12.7. The van der Waals surface area contributed by atoms with Crippen molar-refractivity contribution in [1.82, 2.24) is 14.0 Å². The number of benzene rings is 1. The van der Waals surface area contributed by atoms with E-state index in [2.05, 4.69) is 0 Å². The minimum absolute atomic E-state index is 0.0224. The molecule has 1 amide bonds. The van der Waals surface area contributed by atoms with Gasteiger partial charge in [-0.1, -0.05) is 12.1 Å². The molecule has 1 fully saturated rings. The van der Waals surface area contributed by atoms with Crippen LogP contribution in [0.3, 0.4) is 0 Å². The normalized spacial score (nSPS) is 16.9. The second-order valence-corrected chi connectivity index (χ2v) is 6.15. The molecule has 0 radical (unpaired) electrons. The fraction of sp³-hybridized carbons (Fsp3) is 0.389. The molecular weight excluding hydrogens is 322 g/mol. The molecule has 2 aromatic rings. The number of aromatic nitrogens is 2.